The Hall–Kier alpha value is -2.05. The van der Waals surface area contributed by atoms with E-state index in [-0.39, 0.29) is 24.9 Å². The van der Waals surface area contributed by atoms with Crippen LogP contribution in [0.2, 0.25) is 0 Å². The van der Waals surface area contributed by atoms with E-state index in [0.29, 0.717) is 17.0 Å². The van der Waals surface area contributed by atoms with Crippen LogP contribution in [-0.2, 0) is 19.1 Å². The molecule has 0 radical (unpaired) electrons. The van der Waals surface area contributed by atoms with Gasteiger partial charge in [-0.2, -0.15) is 13.2 Å². The van der Waals surface area contributed by atoms with E-state index >= 15 is 0 Å². The standard InChI is InChI=1S/C21H23F3N2O.ClH/c1-26(14-17-5-3-7-19(12-17)21(22,23)24)20(27)18-6-2-4-15(11-18)10-16-8-9-25-13-16;/h2-7,11-12,16,25H,8-10,13-14H2,1H3;1H. The maximum absolute atomic E-state index is 12.9. The van der Waals surface area contributed by atoms with Crippen LogP contribution in [0.15, 0.2) is 48.5 Å². The number of hydrogen-bond acceptors (Lipinski definition) is 2. The maximum atomic E-state index is 12.9. The van der Waals surface area contributed by atoms with Gasteiger partial charge in [0, 0.05) is 19.2 Å². The molecule has 1 heterocycles. The number of benzene rings is 2. The van der Waals surface area contributed by atoms with Gasteiger partial charge < -0.3 is 10.2 Å². The summed E-state index contributed by atoms with van der Waals surface area (Å²) in [5, 5.41) is 3.34. The topological polar surface area (TPSA) is 32.3 Å². The lowest BCUT2D eigenvalue weighted by atomic mass is 9.97. The highest BCUT2D eigenvalue weighted by Gasteiger charge is 2.30. The summed E-state index contributed by atoms with van der Waals surface area (Å²) in [6.07, 6.45) is -2.33. The van der Waals surface area contributed by atoms with Gasteiger partial charge in [0.1, 0.15) is 0 Å². The molecule has 28 heavy (non-hydrogen) atoms. The van der Waals surface area contributed by atoms with Crippen LogP contribution in [0.4, 0.5) is 13.2 Å². The fraction of sp³-hybridized carbons (Fsp3) is 0.381. The lowest BCUT2D eigenvalue weighted by Gasteiger charge is -2.19. The molecule has 0 saturated carbocycles. The van der Waals surface area contributed by atoms with Crippen LogP contribution in [0.3, 0.4) is 0 Å². The zero-order valence-electron chi connectivity index (χ0n) is 15.6. The average Bonchev–Trinajstić information content (AvgIpc) is 3.14. The van der Waals surface area contributed by atoms with Gasteiger partial charge >= 0.3 is 6.18 Å². The molecule has 1 atom stereocenters. The van der Waals surface area contributed by atoms with Crippen molar-refractivity contribution in [1.82, 2.24) is 10.2 Å². The number of nitrogens with zero attached hydrogens (tertiary/aromatic N) is 1. The number of carbonyl (C=O) groups is 1. The Morgan fingerprint density at radius 1 is 1.14 bits per heavy atom. The fourth-order valence-corrected chi connectivity index (χ4v) is 3.47. The van der Waals surface area contributed by atoms with Gasteiger partial charge in [-0.25, -0.2) is 0 Å². The van der Waals surface area contributed by atoms with Crippen molar-refractivity contribution in [3.05, 3.63) is 70.8 Å². The van der Waals surface area contributed by atoms with E-state index < -0.39 is 11.7 Å². The van der Waals surface area contributed by atoms with E-state index in [0.717, 1.165) is 43.6 Å². The minimum atomic E-state index is -4.39. The van der Waals surface area contributed by atoms with Crippen LogP contribution < -0.4 is 5.32 Å². The van der Waals surface area contributed by atoms with E-state index in [4.69, 9.17) is 0 Å². The predicted molar refractivity (Wildman–Crippen MR) is 106 cm³/mol. The summed E-state index contributed by atoms with van der Waals surface area (Å²) in [5.41, 5.74) is 1.43. The van der Waals surface area contributed by atoms with Crippen LogP contribution in [0.5, 0.6) is 0 Å². The van der Waals surface area contributed by atoms with E-state index in [1.54, 1.807) is 19.2 Å². The Labute approximate surface area is 169 Å². The van der Waals surface area contributed by atoms with Crippen molar-refractivity contribution in [3.8, 4) is 0 Å². The second kappa shape index (κ2) is 9.43. The third-order valence-corrected chi connectivity index (χ3v) is 4.88. The minimum Gasteiger partial charge on any atom is -0.337 e. The first kappa shape index (κ1) is 22.2. The van der Waals surface area contributed by atoms with Gasteiger partial charge in [-0.1, -0.05) is 24.3 Å². The predicted octanol–water partition coefficient (Wildman–Crippen LogP) is 4.55. The van der Waals surface area contributed by atoms with Crippen molar-refractivity contribution in [2.24, 2.45) is 5.92 Å². The summed E-state index contributed by atoms with van der Waals surface area (Å²) in [6.45, 7) is 2.15. The van der Waals surface area contributed by atoms with Crippen molar-refractivity contribution in [3.63, 3.8) is 0 Å². The van der Waals surface area contributed by atoms with Gasteiger partial charge in [-0.15, -0.1) is 12.4 Å². The van der Waals surface area contributed by atoms with Crippen molar-refractivity contribution in [1.29, 1.82) is 0 Å². The van der Waals surface area contributed by atoms with Crippen LogP contribution in [0, 0.1) is 5.92 Å². The molecule has 1 saturated heterocycles. The molecule has 1 aliphatic heterocycles. The molecule has 0 aliphatic carbocycles. The largest absolute Gasteiger partial charge is 0.416 e. The molecule has 0 spiro atoms. The molecule has 1 fully saturated rings. The number of halogens is 4. The highest BCUT2D eigenvalue weighted by atomic mass is 35.5. The molecule has 1 aliphatic rings. The summed E-state index contributed by atoms with van der Waals surface area (Å²) in [7, 11) is 1.61. The number of rotatable bonds is 5. The van der Waals surface area contributed by atoms with Gasteiger partial charge in [0.25, 0.3) is 5.91 Å². The molecule has 1 N–H and O–H groups in total. The molecule has 1 unspecified atom stereocenters. The Balaban J connectivity index is 0.00000280. The van der Waals surface area contributed by atoms with E-state index in [1.165, 1.54) is 11.0 Å². The fourth-order valence-electron chi connectivity index (χ4n) is 3.47. The van der Waals surface area contributed by atoms with E-state index in [1.807, 2.05) is 18.2 Å². The summed E-state index contributed by atoms with van der Waals surface area (Å²) in [6, 6.07) is 12.6. The third-order valence-electron chi connectivity index (χ3n) is 4.88. The number of amides is 1. The SMILES string of the molecule is CN(Cc1cccc(C(F)(F)F)c1)C(=O)c1cccc(CC2CCNC2)c1.Cl. The molecule has 2 aromatic rings. The van der Waals surface area contributed by atoms with Crippen LogP contribution >= 0.6 is 12.4 Å². The zero-order chi connectivity index (χ0) is 19.4. The molecule has 0 aromatic heterocycles. The number of hydrogen-bond donors (Lipinski definition) is 1. The first-order valence-electron chi connectivity index (χ1n) is 9.04. The van der Waals surface area contributed by atoms with Gasteiger partial charge in [-0.05, 0) is 67.2 Å². The molecule has 152 valence electrons. The van der Waals surface area contributed by atoms with Crippen LogP contribution in [0.1, 0.15) is 33.5 Å². The highest BCUT2D eigenvalue weighted by Crippen LogP contribution is 2.29. The van der Waals surface area contributed by atoms with Gasteiger partial charge in [-0.3, -0.25) is 4.79 Å². The zero-order valence-corrected chi connectivity index (χ0v) is 16.4. The normalized spacial score (nSPS) is 16.5. The maximum Gasteiger partial charge on any atom is 0.416 e. The summed E-state index contributed by atoms with van der Waals surface area (Å²) >= 11 is 0. The quantitative estimate of drug-likeness (QED) is 0.781. The first-order chi connectivity index (χ1) is 12.8. The third kappa shape index (κ3) is 5.72. The molecule has 7 heteroatoms. The van der Waals surface area contributed by atoms with Gasteiger partial charge in [0.2, 0.25) is 0 Å². The first-order valence-corrected chi connectivity index (χ1v) is 9.04. The Morgan fingerprint density at radius 2 is 1.86 bits per heavy atom. The van der Waals surface area contributed by atoms with Gasteiger partial charge in [0.15, 0.2) is 0 Å². The Bertz CT molecular complexity index is 804. The minimum absolute atomic E-state index is 0. The van der Waals surface area contributed by atoms with E-state index in [9.17, 15) is 18.0 Å². The van der Waals surface area contributed by atoms with Gasteiger partial charge in [0.05, 0.1) is 5.56 Å². The molecule has 0 bridgehead atoms. The van der Waals surface area contributed by atoms with Crippen LogP contribution in [0.25, 0.3) is 0 Å². The lowest BCUT2D eigenvalue weighted by Crippen LogP contribution is -2.26. The number of nitrogens with one attached hydrogen (secondary N) is 1. The molecular weight excluding hydrogens is 389 g/mol. The summed E-state index contributed by atoms with van der Waals surface area (Å²) in [4.78, 5) is 14.2. The monoisotopic (exact) mass is 412 g/mol. The smallest absolute Gasteiger partial charge is 0.337 e. The van der Waals surface area contributed by atoms with E-state index in [2.05, 4.69) is 5.32 Å². The molecular formula is C21H24ClF3N2O. The highest BCUT2D eigenvalue weighted by molar-refractivity contribution is 5.94. The average molecular weight is 413 g/mol. The molecule has 3 rings (SSSR count). The Morgan fingerprint density at radius 3 is 2.54 bits per heavy atom. The summed E-state index contributed by atoms with van der Waals surface area (Å²) in [5.74, 6) is 0.386. The molecule has 2 aromatic carbocycles. The lowest BCUT2D eigenvalue weighted by molar-refractivity contribution is -0.137. The molecule has 1 amide bonds. The van der Waals surface area contributed by atoms with Crippen LogP contribution in [-0.4, -0.2) is 30.9 Å². The number of alkyl halides is 3. The Kier molecular flexibility index (Phi) is 7.49. The second-order valence-corrected chi connectivity index (χ2v) is 7.12. The van der Waals surface area contributed by atoms with Crippen molar-refractivity contribution >= 4 is 18.3 Å². The second-order valence-electron chi connectivity index (χ2n) is 7.12. The summed E-state index contributed by atoms with van der Waals surface area (Å²) < 4.78 is 38.6. The number of carbonyl (C=O) groups excluding carboxylic acids is 1. The molecule has 3 nitrogen and oxygen atoms in total. The van der Waals surface area contributed by atoms with Crippen molar-refractivity contribution < 1.29 is 18.0 Å². The van der Waals surface area contributed by atoms with Crippen molar-refractivity contribution in [2.75, 3.05) is 20.1 Å². The van der Waals surface area contributed by atoms with Crippen molar-refractivity contribution in [2.45, 2.75) is 25.6 Å².